The summed E-state index contributed by atoms with van der Waals surface area (Å²) in [6.45, 7) is 8.68. The number of hydrogen-bond acceptors (Lipinski definition) is 5. The number of halogens is 2. The molecule has 9 nitrogen and oxygen atoms in total. The lowest BCUT2D eigenvalue weighted by Gasteiger charge is -2.34. The smallest absolute Gasteiger partial charge is 0.268 e. The fourth-order valence-corrected chi connectivity index (χ4v) is 5.58. The second kappa shape index (κ2) is 12.6. The van der Waals surface area contributed by atoms with Crippen LogP contribution < -0.4 is 16.4 Å². The number of fused-ring (bicyclic) bond motifs is 1. The summed E-state index contributed by atoms with van der Waals surface area (Å²) in [5.41, 5.74) is 6.49. The topological polar surface area (TPSA) is 113 Å². The van der Waals surface area contributed by atoms with Crippen LogP contribution in [0, 0.1) is 9.52 Å². The van der Waals surface area contributed by atoms with Gasteiger partial charge in [0.1, 0.15) is 11.5 Å². The van der Waals surface area contributed by atoms with Crippen LogP contribution in [-0.2, 0) is 9.59 Å². The summed E-state index contributed by atoms with van der Waals surface area (Å²) in [4.78, 5) is 39.2. The number of nitrogens with one attached hydrogen (secondary N) is 2. The minimum absolute atomic E-state index is 0.0319. The number of nitrogens with zero attached hydrogens (tertiary/aromatic N) is 3. The number of aromatic nitrogens is 1. The van der Waals surface area contributed by atoms with Crippen LogP contribution in [0.2, 0.25) is 0 Å². The molecule has 36 heavy (non-hydrogen) atoms. The second-order valence-corrected chi connectivity index (χ2v) is 10.4. The Kier molecular flexibility index (Phi) is 9.85. The highest BCUT2D eigenvalue weighted by atomic mass is 127. The molecule has 1 aromatic heterocycles. The largest absolute Gasteiger partial charge is 0.370 e. The molecule has 4 N–H and O–H groups in total. The van der Waals surface area contributed by atoms with E-state index >= 15 is 0 Å². The predicted molar refractivity (Wildman–Crippen MR) is 145 cm³/mol. The zero-order chi connectivity index (χ0) is 26.4. The Labute approximate surface area is 224 Å². The predicted octanol–water partition coefficient (Wildman–Crippen LogP) is 1.82. The molecule has 2 aliphatic rings. The molecular weight excluding hydrogens is 578 g/mol. The van der Waals surface area contributed by atoms with Crippen LogP contribution in [0.15, 0.2) is 30.3 Å². The molecular formula is C25H34FIN6O3. The quantitative estimate of drug-likeness (QED) is 0.431. The van der Waals surface area contributed by atoms with Crippen LogP contribution in [-0.4, -0.2) is 84.4 Å². The fraction of sp³-hybridized carbons (Fsp3) is 0.480. The van der Waals surface area contributed by atoms with Crippen LogP contribution in [0.25, 0.3) is 11.1 Å². The minimum Gasteiger partial charge on any atom is -0.370 e. The second-order valence-electron chi connectivity index (χ2n) is 9.37. The number of primary amides is 1. The number of benzene rings is 1. The van der Waals surface area contributed by atoms with E-state index in [0.717, 1.165) is 42.0 Å². The highest BCUT2D eigenvalue weighted by Crippen LogP contribution is 2.34. The highest BCUT2D eigenvalue weighted by Gasteiger charge is 2.31. The summed E-state index contributed by atoms with van der Waals surface area (Å²) in [6.07, 6.45) is 0.271. The summed E-state index contributed by atoms with van der Waals surface area (Å²) in [6, 6.07) is 7.99. The molecule has 1 fully saturated rings. The molecule has 196 valence electrons. The molecule has 0 radical (unpaired) electrons. The third-order valence-electron chi connectivity index (χ3n) is 6.16. The highest BCUT2D eigenvalue weighted by molar-refractivity contribution is 14.1. The van der Waals surface area contributed by atoms with Crippen molar-refractivity contribution in [2.24, 2.45) is 5.73 Å². The Morgan fingerprint density at radius 3 is 2.56 bits per heavy atom. The van der Waals surface area contributed by atoms with E-state index in [1.54, 1.807) is 12.1 Å². The van der Waals surface area contributed by atoms with E-state index in [4.69, 9.17) is 0 Å². The number of nitrogens with two attached hydrogens (primary N) is 1. The Morgan fingerprint density at radius 1 is 1.25 bits per heavy atom. The van der Waals surface area contributed by atoms with Gasteiger partial charge in [0.15, 0.2) is 0 Å². The van der Waals surface area contributed by atoms with Crippen LogP contribution in [0.3, 0.4) is 0 Å². The summed E-state index contributed by atoms with van der Waals surface area (Å²) >= 11 is 2.19. The maximum Gasteiger partial charge on any atom is 0.268 e. The van der Waals surface area contributed by atoms with E-state index in [2.05, 4.69) is 55.8 Å². The van der Waals surface area contributed by atoms with Crippen LogP contribution in [0.5, 0.6) is 0 Å². The van der Waals surface area contributed by atoms with Gasteiger partial charge in [-0.3, -0.25) is 19.3 Å². The average molecular weight is 612 g/mol. The first-order valence-electron chi connectivity index (χ1n) is 12.0. The molecule has 0 bridgehead atoms. The minimum atomic E-state index is -0.333. The monoisotopic (exact) mass is 612 g/mol. The van der Waals surface area contributed by atoms with Crippen molar-refractivity contribution in [1.29, 1.82) is 0 Å². The van der Waals surface area contributed by atoms with Gasteiger partial charge in [-0.2, -0.15) is 0 Å². The SMILES string of the molecule is CC(N)=O.C[C@@H](CN1CCN(C)CC1)NC(=O)C[C@@H]1CNC(=O)c2cc(-c3cccc(F)c3)c(I)n21. The lowest BCUT2D eigenvalue weighted by atomic mass is 10.1. The molecule has 0 spiro atoms. The zero-order valence-electron chi connectivity index (χ0n) is 20.9. The van der Waals surface area contributed by atoms with Crippen LogP contribution >= 0.6 is 22.6 Å². The zero-order valence-corrected chi connectivity index (χ0v) is 23.0. The normalized spacial score (nSPS) is 18.9. The molecule has 3 amide bonds. The van der Waals surface area contributed by atoms with E-state index in [0.29, 0.717) is 17.8 Å². The van der Waals surface area contributed by atoms with Gasteiger partial charge in [0.25, 0.3) is 5.91 Å². The Bertz CT molecular complexity index is 1100. The van der Waals surface area contributed by atoms with Gasteiger partial charge in [-0.1, -0.05) is 12.1 Å². The number of rotatable bonds is 6. The molecule has 2 atom stereocenters. The Hall–Kier alpha value is -2.51. The number of carbonyl (C=O) groups excluding carboxylic acids is 3. The van der Waals surface area contributed by atoms with E-state index in [1.807, 2.05) is 17.6 Å². The summed E-state index contributed by atoms with van der Waals surface area (Å²) < 4.78 is 16.5. The molecule has 4 rings (SSSR count). The standard InChI is InChI=1S/C23H29FIN5O2.C2H5NO/c1-15(14-29-8-6-28(2)7-9-29)27-21(31)11-18-13-26-23(32)20-12-19(22(25)30(18)20)16-4-3-5-17(24)10-16;1-2(3)4/h3-5,10,12,15,18H,6-9,11,13-14H2,1-2H3,(H,26,32)(H,27,31);1H3,(H2,3,4)/t15-,18+;/m0./s1. The first-order valence-corrected chi connectivity index (χ1v) is 13.0. The number of likely N-dealkylation sites (N-methyl/N-ethyl adjacent to an activating group) is 1. The van der Waals surface area contributed by atoms with Crippen molar-refractivity contribution >= 4 is 40.3 Å². The number of carbonyl (C=O) groups is 3. The van der Waals surface area contributed by atoms with Crippen molar-refractivity contribution in [2.75, 3.05) is 46.3 Å². The third-order valence-corrected chi connectivity index (χ3v) is 7.26. The van der Waals surface area contributed by atoms with Crippen molar-refractivity contribution in [3.63, 3.8) is 0 Å². The third kappa shape index (κ3) is 7.50. The molecule has 0 aliphatic carbocycles. The Balaban J connectivity index is 0.000000840. The lowest BCUT2D eigenvalue weighted by molar-refractivity contribution is -0.122. The summed E-state index contributed by atoms with van der Waals surface area (Å²) in [7, 11) is 2.13. The molecule has 1 saturated heterocycles. The Morgan fingerprint density at radius 2 is 1.92 bits per heavy atom. The lowest BCUT2D eigenvalue weighted by Crippen LogP contribution is -2.50. The maximum atomic E-state index is 13.8. The summed E-state index contributed by atoms with van der Waals surface area (Å²) in [5.74, 6) is -0.863. The molecule has 2 aromatic rings. The van der Waals surface area contributed by atoms with Gasteiger partial charge in [-0.05, 0) is 60.3 Å². The van der Waals surface area contributed by atoms with Gasteiger partial charge in [0.05, 0.1) is 9.74 Å². The molecule has 1 aromatic carbocycles. The average Bonchev–Trinajstić information content (AvgIpc) is 3.15. The van der Waals surface area contributed by atoms with Gasteiger partial charge in [0.2, 0.25) is 11.8 Å². The van der Waals surface area contributed by atoms with Crippen molar-refractivity contribution in [2.45, 2.75) is 32.4 Å². The van der Waals surface area contributed by atoms with Crippen molar-refractivity contribution in [1.82, 2.24) is 25.0 Å². The number of piperazine rings is 1. The molecule has 11 heteroatoms. The van der Waals surface area contributed by atoms with E-state index in [9.17, 15) is 18.8 Å². The maximum absolute atomic E-state index is 13.8. The van der Waals surface area contributed by atoms with E-state index < -0.39 is 0 Å². The van der Waals surface area contributed by atoms with Crippen LogP contribution in [0.4, 0.5) is 4.39 Å². The first kappa shape index (κ1) is 28.1. The number of amides is 3. The molecule has 3 heterocycles. The van der Waals surface area contributed by atoms with Gasteiger partial charge in [-0.15, -0.1) is 0 Å². The van der Waals surface area contributed by atoms with E-state index in [-0.39, 0.29) is 42.0 Å². The summed E-state index contributed by atoms with van der Waals surface area (Å²) in [5, 5.41) is 6.01. The van der Waals surface area contributed by atoms with Gasteiger partial charge < -0.3 is 25.8 Å². The number of hydrogen-bond donors (Lipinski definition) is 3. The van der Waals surface area contributed by atoms with Crippen LogP contribution in [0.1, 0.15) is 36.8 Å². The van der Waals surface area contributed by atoms with Crippen molar-refractivity contribution in [3.8, 4) is 11.1 Å². The van der Waals surface area contributed by atoms with Gasteiger partial charge in [0, 0.05) is 64.2 Å². The van der Waals surface area contributed by atoms with Crippen molar-refractivity contribution < 1.29 is 18.8 Å². The van der Waals surface area contributed by atoms with E-state index in [1.165, 1.54) is 19.1 Å². The molecule has 2 aliphatic heterocycles. The molecule has 0 saturated carbocycles. The molecule has 0 unspecified atom stereocenters. The van der Waals surface area contributed by atoms with Gasteiger partial charge >= 0.3 is 0 Å². The fourth-order valence-electron chi connectivity index (χ4n) is 4.46. The van der Waals surface area contributed by atoms with Crippen molar-refractivity contribution in [3.05, 3.63) is 45.5 Å². The first-order chi connectivity index (χ1) is 17.0. The van der Waals surface area contributed by atoms with Gasteiger partial charge in [-0.25, -0.2) is 4.39 Å².